The first-order chi connectivity index (χ1) is 10.1. The van der Waals surface area contributed by atoms with Crippen LogP contribution in [0.15, 0.2) is 38.1 Å². The van der Waals surface area contributed by atoms with Crippen LogP contribution in [0.2, 0.25) is 0 Å². The Morgan fingerprint density at radius 3 is 2.52 bits per heavy atom. The van der Waals surface area contributed by atoms with E-state index in [4.69, 9.17) is 4.74 Å². The van der Waals surface area contributed by atoms with Crippen molar-refractivity contribution in [2.24, 2.45) is 0 Å². The summed E-state index contributed by atoms with van der Waals surface area (Å²) in [5.41, 5.74) is 0.850. The van der Waals surface area contributed by atoms with E-state index in [0.29, 0.717) is 12.4 Å². The number of aromatic nitrogens is 2. The van der Waals surface area contributed by atoms with E-state index in [1.807, 2.05) is 19.2 Å². The zero-order valence-corrected chi connectivity index (χ0v) is 15.7. The molecule has 0 spiro atoms. The number of anilines is 1. The summed E-state index contributed by atoms with van der Waals surface area (Å²) < 4.78 is 7.11. The summed E-state index contributed by atoms with van der Waals surface area (Å²) in [6.07, 6.45) is 0. The van der Waals surface area contributed by atoms with Gasteiger partial charge >= 0.3 is 0 Å². The maximum atomic E-state index is 5.18. The molecular formula is C14H15Br2N3OS. The van der Waals surface area contributed by atoms with Gasteiger partial charge in [-0.25, -0.2) is 9.97 Å². The Labute approximate surface area is 145 Å². The van der Waals surface area contributed by atoms with Crippen LogP contribution in [-0.2, 0) is 17.1 Å². The van der Waals surface area contributed by atoms with Crippen molar-refractivity contribution in [2.45, 2.75) is 17.3 Å². The van der Waals surface area contributed by atoms with Gasteiger partial charge in [-0.2, -0.15) is 0 Å². The average molecular weight is 433 g/mol. The van der Waals surface area contributed by atoms with E-state index in [1.165, 1.54) is 4.90 Å². The fraction of sp³-hybridized carbons (Fsp3) is 0.286. The topological polar surface area (TPSA) is 47.0 Å². The molecule has 0 aliphatic heterocycles. The smallest absolute Gasteiger partial charge is 0.144 e. The molecule has 2 rings (SSSR count). The molecule has 1 heterocycles. The number of hydrogen-bond acceptors (Lipinski definition) is 5. The standard InChI is InChI=1S/C14H15Br2N3OS/c1-17-14-13(16)11(7-20-2)18-12(19-14)8-21-10-5-3-9(15)4-6-10/h3-6H,7-8H2,1-2H3,(H,17,18,19). The van der Waals surface area contributed by atoms with Gasteiger partial charge in [0.05, 0.1) is 22.5 Å². The fourth-order valence-corrected chi connectivity index (χ4v) is 3.19. The zero-order chi connectivity index (χ0) is 15.2. The summed E-state index contributed by atoms with van der Waals surface area (Å²) in [6.45, 7) is 0.452. The molecule has 0 radical (unpaired) electrons. The number of methoxy groups -OCH3 is 1. The predicted octanol–water partition coefficient (Wildman–Crippen LogP) is 4.48. The van der Waals surface area contributed by atoms with Crippen LogP contribution in [0, 0.1) is 0 Å². The quantitative estimate of drug-likeness (QED) is 0.681. The van der Waals surface area contributed by atoms with Gasteiger partial charge in [0.15, 0.2) is 0 Å². The van der Waals surface area contributed by atoms with Crippen molar-refractivity contribution in [3.05, 3.63) is 44.7 Å². The van der Waals surface area contributed by atoms with Gasteiger partial charge in [-0.05, 0) is 40.2 Å². The van der Waals surface area contributed by atoms with Crippen molar-refractivity contribution >= 4 is 49.4 Å². The van der Waals surface area contributed by atoms with Crippen LogP contribution >= 0.6 is 43.6 Å². The molecule has 0 atom stereocenters. The third-order valence-corrected chi connectivity index (χ3v) is 5.04. The van der Waals surface area contributed by atoms with Crippen molar-refractivity contribution in [3.8, 4) is 0 Å². The highest BCUT2D eigenvalue weighted by atomic mass is 79.9. The summed E-state index contributed by atoms with van der Waals surface area (Å²) in [7, 11) is 3.50. The van der Waals surface area contributed by atoms with E-state index >= 15 is 0 Å². The molecule has 4 nitrogen and oxygen atoms in total. The maximum Gasteiger partial charge on any atom is 0.144 e. The molecule has 7 heteroatoms. The van der Waals surface area contributed by atoms with Crippen LogP contribution in [-0.4, -0.2) is 24.1 Å². The lowest BCUT2D eigenvalue weighted by atomic mass is 10.4. The van der Waals surface area contributed by atoms with Crippen LogP contribution in [0.1, 0.15) is 11.5 Å². The second kappa shape index (κ2) is 8.12. The first kappa shape index (κ1) is 16.7. The highest BCUT2D eigenvalue weighted by Gasteiger charge is 2.11. The molecule has 0 fully saturated rings. The number of ether oxygens (including phenoxy) is 1. The molecule has 0 aliphatic rings. The Bertz CT molecular complexity index is 608. The number of halogens is 2. The highest BCUT2D eigenvalue weighted by molar-refractivity contribution is 9.11. The van der Waals surface area contributed by atoms with Crippen LogP contribution in [0.5, 0.6) is 0 Å². The summed E-state index contributed by atoms with van der Waals surface area (Å²) in [6, 6.07) is 8.20. The minimum absolute atomic E-state index is 0.452. The first-order valence-electron chi connectivity index (χ1n) is 6.24. The molecule has 0 saturated carbocycles. The third kappa shape index (κ3) is 4.67. The number of hydrogen-bond donors (Lipinski definition) is 1. The molecular weight excluding hydrogens is 418 g/mol. The molecule has 0 unspecified atom stereocenters. The third-order valence-electron chi connectivity index (χ3n) is 2.67. The van der Waals surface area contributed by atoms with Crippen molar-refractivity contribution in [1.29, 1.82) is 0 Å². The van der Waals surface area contributed by atoms with Crippen LogP contribution in [0.3, 0.4) is 0 Å². The Hall–Kier alpha value is -0.630. The normalized spacial score (nSPS) is 10.7. The maximum absolute atomic E-state index is 5.18. The molecule has 0 bridgehead atoms. The van der Waals surface area contributed by atoms with E-state index < -0.39 is 0 Å². The molecule has 1 N–H and O–H groups in total. The molecule has 0 saturated heterocycles. The van der Waals surface area contributed by atoms with Crippen molar-refractivity contribution in [3.63, 3.8) is 0 Å². The monoisotopic (exact) mass is 431 g/mol. The fourth-order valence-electron chi connectivity index (χ4n) is 1.69. The molecule has 1 aromatic carbocycles. The van der Waals surface area contributed by atoms with Gasteiger partial charge in [0.2, 0.25) is 0 Å². The number of rotatable bonds is 6. The molecule has 1 aromatic heterocycles. The zero-order valence-electron chi connectivity index (χ0n) is 11.7. The van der Waals surface area contributed by atoms with Gasteiger partial charge < -0.3 is 10.1 Å². The highest BCUT2D eigenvalue weighted by Crippen LogP contribution is 2.27. The van der Waals surface area contributed by atoms with Crippen LogP contribution < -0.4 is 5.32 Å². The minimum atomic E-state index is 0.452. The summed E-state index contributed by atoms with van der Waals surface area (Å²) >= 11 is 8.64. The average Bonchev–Trinajstić information content (AvgIpc) is 2.49. The van der Waals surface area contributed by atoms with Gasteiger partial charge in [0, 0.05) is 23.5 Å². The largest absolute Gasteiger partial charge is 0.378 e. The molecule has 0 amide bonds. The van der Waals surface area contributed by atoms with Gasteiger partial charge in [0.1, 0.15) is 11.6 Å². The number of nitrogens with zero attached hydrogens (tertiary/aromatic N) is 2. The molecule has 0 aliphatic carbocycles. The molecule has 112 valence electrons. The van der Waals surface area contributed by atoms with E-state index in [9.17, 15) is 0 Å². The molecule has 2 aromatic rings. The lowest BCUT2D eigenvalue weighted by Gasteiger charge is -2.10. The summed E-state index contributed by atoms with van der Waals surface area (Å²) in [5, 5.41) is 3.07. The van der Waals surface area contributed by atoms with Gasteiger partial charge in [-0.1, -0.05) is 15.9 Å². The SMILES string of the molecule is CNc1nc(CSc2ccc(Br)cc2)nc(COC)c1Br. The minimum Gasteiger partial charge on any atom is -0.378 e. The number of nitrogens with one attached hydrogen (secondary N) is 1. The van der Waals surface area contributed by atoms with Crippen molar-refractivity contribution in [1.82, 2.24) is 9.97 Å². The Morgan fingerprint density at radius 1 is 1.19 bits per heavy atom. The lowest BCUT2D eigenvalue weighted by molar-refractivity contribution is 0.180. The Kier molecular flexibility index (Phi) is 6.47. The van der Waals surface area contributed by atoms with Gasteiger partial charge in [-0.3, -0.25) is 0 Å². The van der Waals surface area contributed by atoms with Crippen molar-refractivity contribution in [2.75, 3.05) is 19.5 Å². The van der Waals surface area contributed by atoms with Gasteiger partial charge in [-0.15, -0.1) is 11.8 Å². The molecule has 21 heavy (non-hydrogen) atoms. The lowest BCUT2D eigenvalue weighted by Crippen LogP contribution is -2.05. The second-order valence-corrected chi connectivity index (χ2v) is 6.93. The van der Waals surface area contributed by atoms with E-state index in [0.717, 1.165) is 26.3 Å². The summed E-state index contributed by atoms with van der Waals surface area (Å²) in [5.74, 6) is 2.27. The Balaban J connectivity index is 2.15. The van der Waals surface area contributed by atoms with Crippen molar-refractivity contribution < 1.29 is 4.74 Å². The first-order valence-corrected chi connectivity index (χ1v) is 8.81. The Morgan fingerprint density at radius 2 is 1.90 bits per heavy atom. The van der Waals surface area contributed by atoms with Crippen LogP contribution in [0.4, 0.5) is 5.82 Å². The van der Waals surface area contributed by atoms with Gasteiger partial charge in [0.25, 0.3) is 0 Å². The number of benzene rings is 1. The van der Waals surface area contributed by atoms with E-state index in [2.05, 4.69) is 59.3 Å². The number of thioether (sulfide) groups is 1. The predicted molar refractivity (Wildman–Crippen MR) is 93.7 cm³/mol. The van der Waals surface area contributed by atoms with E-state index in [-0.39, 0.29) is 0 Å². The summed E-state index contributed by atoms with van der Waals surface area (Å²) in [4.78, 5) is 10.2. The van der Waals surface area contributed by atoms with E-state index in [1.54, 1.807) is 18.9 Å². The van der Waals surface area contributed by atoms with Crippen LogP contribution in [0.25, 0.3) is 0 Å². The second-order valence-electron chi connectivity index (χ2n) is 4.17.